The van der Waals surface area contributed by atoms with Gasteiger partial charge >= 0.3 is 0 Å². The van der Waals surface area contributed by atoms with E-state index in [0.717, 1.165) is 31.5 Å². The molecule has 2 unspecified atom stereocenters. The Morgan fingerprint density at radius 1 is 1.32 bits per heavy atom. The number of nitrogens with zero attached hydrogens (tertiary/aromatic N) is 1. The fourth-order valence-corrected chi connectivity index (χ4v) is 3.53. The molecule has 0 saturated carbocycles. The van der Waals surface area contributed by atoms with Crippen LogP contribution in [0.15, 0.2) is 36.4 Å². The van der Waals surface area contributed by atoms with E-state index in [1.165, 1.54) is 0 Å². The average Bonchev–Trinajstić information content (AvgIpc) is 2.55. The van der Waals surface area contributed by atoms with Crippen molar-refractivity contribution in [2.75, 3.05) is 18.8 Å². The van der Waals surface area contributed by atoms with Gasteiger partial charge in [0, 0.05) is 29.6 Å². The van der Waals surface area contributed by atoms with Gasteiger partial charge < -0.3 is 4.90 Å². The van der Waals surface area contributed by atoms with Crippen LogP contribution in [0.4, 0.5) is 0 Å². The van der Waals surface area contributed by atoms with E-state index in [1.807, 2.05) is 47.4 Å². The van der Waals surface area contributed by atoms with Gasteiger partial charge in [0.15, 0.2) is 0 Å². The maximum Gasteiger partial charge on any atom is 0.238 e. The van der Waals surface area contributed by atoms with Crippen molar-refractivity contribution in [2.45, 2.75) is 31.9 Å². The predicted molar refractivity (Wildman–Crippen MR) is 92.9 cm³/mol. The van der Waals surface area contributed by atoms with E-state index in [9.17, 15) is 9.00 Å². The molecular weight excluding hydrogens is 294 g/mol. The van der Waals surface area contributed by atoms with Crippen molar-refractivity contribution in [2.24, 2.45) is 5.92 Å². The molecule has 0 aliphatic carbocycles. The van der Waals surface area contributed by atoms with Gasteiger partial charge in [-0.25, -0.2) is 0 Å². The summed E-state index contributed by atoms with van der Waals surface area (Å²) in [4.78, 5) is 14.3. The molecule has 2 atom stereocenters. The highest BCUT2D eigenvalue weighted by molar-refractivity contribution is 7.86. The molecule has 0 bridgehead atoms. The number of carbonyl (C=O) groups excluding carboxylic acids is 1. The summed E-state index contributed by atoms with van der Waals surface area (Å²) in [5, 5.41) is -0.422. The van der Waals surface area contributed by atoms with Gasteiger partial charge in [-0.15, -0.1) is 0 Å². The van der Waals surface area contributed by atoms with E-state index >= 15 is 0 Å². The standard InChI is InChI=1S/C18H25NO2S/c1-15-10-12-19(13-11-15)18(20)16(2)22(21)14-6-9-17-7-4-3-5-8-17/h3-9,15-16H,10-14H2,1-2H3. The van der Waals surface area contributed by atoms with Gasteiger partial charge in [0.1, 0.15) is 5.25 Å². The molecular formula is C18H25NO2S. The number of carbonyl (C=O) groups is 1. The van der Waals surface area contributed by atoms with Crippen LogP contribution >= 0.6 is 0 Å². The number of likely N-dealkylation sites (tertiary alicyclic amines) is 1. The molecule has 1 amide bonds. The third kappa shape index (κ3) is 4.80. The van der Waals surface area contributed by atoms with Crippen molar-refractivity contribution in [3.63, 3.8) is 0 Å². The van der Waals surface area contributed by atoms with Gasteiger partial charge in [-0.2, -0.15) is 0 Å². The van der Waals surface area contributed by atoms with E-state index in [1.54, 1.807) is 6.92 Å². The molecule has 22 heavy (non-hydrogen) atoms. The normalized spacial score (nSPS) is 19.3. The van der Waals surface area contributed by atoms with Crippen LogP contribution in [0.5, 0.6) is 0 Å². The largest absolute Gasteiger partial charge is 0.342 e. The lowest BCUT2D eigenvalue weighted by molar-refractivity contribution is -0.131. The highest BCUT2D eigenvalue weighted by Crippen LogP contribution is 2.17. The molecule has 1 aliphatic heterocycles. The van der Waals surface area contributed by atoms with Gasteiger partial charge in [0.05, 0.1) is 0 Å². The maximum absolute atomic E-state index is 12.4. The Bertz CT molecular complexity index is 533. The molecule has 2 rings (SSSR count). The summed E-state index contributed by atoms with van der Waals surface area (Å²) in [6, 6.07) is 9.92. The molecule has 3 nitrogen and oxygen atoms in total. The summed E-state index contributed by atoms with van der Waals surface area (Å²) >= 11 is 0. The Morgan fingerprint density at radius 2 is 1.95 bits per heavy atom. The van der Waals surface area contributed by atoms with E-state index in [-0.39, 0.29) is 5.91 Å². The van der Waals surface area contributed by atoms with Crippen molar-refractivity contribution < 1.29 is 9.00 Å². The van der Waals surface area contributed by atoms with E-state index in [0.29, 0.717) is 11.7 Å². The van der Waals surface area contributed by atoms with Crippen molar-refractivity contribution >= 4 is 22.8 Å². The lowest BCUT2D eigenvalue weighted by Gasteiger charge is -2.31. The van der Waals surface area contributed by atoms with E-state index in [4.69, 9.17) is 0 Å². The zero-order chi connectivity index (χ0) is 15.9. The number of piperidine rings is 1. The van der Waals surface area contributed by atoms with E-state index in [2.05, 4.69) is 6.92 Å². The number of hydrogen-bond acceptors (Lipinski definition) is 2. The minimum atomic E-state index is -1.16. The summed E-state index contributed by atoms with van der Waals surface area (Å²) in [6.45, 7) is 5.62. The number of benzene rings is 1. The summed E-state index contributed by atoms with van der Waals surface area (Å²) in [5.74, 6) is 1.16. The number of rotatable bonds is 5. The van der Waals surface area contributed by atoms with Gasteiger partial charge in [0.2, 0.25) is 5.91 Å². The van der Waals surface area contributed by atoms with Crippen molar-refractivity contribution in [3.05, 3.63) is 42.0 Å². The molecule has 4 heteroatoms. The van der Waals surface area contributed by atoms with Crippen LogP contribution in [0, 0.1) is 5.92 Å². The summed E-state index contributed by atoms with van der Waals surface area (Å²) in [7, 11) is -1.16. The van der Waals surface area contributed by atoms with Gasteiger partial charge in [-0.1, -0.05) is 49.4 Å². The van der Waals surface area contributed by atoms with E-state index < -0.39 is 16.0 Å². The van der Waals surface area contributed by atoms with Gasteiger partial charge in [-0.05, 0) is 31.2 Å². The first kappa shape index (κ1) is 16.9. The fraction of sp³-hybridized carbons (Fsp3) is 0.500. The van der Waals surface area contributed by atoms with Gasteiger partial charge in [-0.3, -0.25) is 9.00 Å². The lowest BCUT2D eigenvalue weighted by Crippen LogP contribution is -2.44. The smallest absolute Gasteiger partial charge is 0.238 e. The monoisotopic (exact) mass is 319 g/mol. The number of hydrogen-bond donors (Lipinski definition) is 0. The first-order valence-corrected chi connectivity index (χ1v) is 9.33. The minimum Gasteiger partial charge on any atom is -0.342 e. The third-order valence-electron chi connectivity index (χ3n) is 4.21. The molecule has 120 valence electrons. The Morgan fingerprint density at radius 3 is 2.59 bits per heavy atom. The fourth-order valence-electron chi connectivity index (χ4n) is 2.59. The zero-order valence-corrected chi connectivity index (χ0v) is 14.2. The molecule has 1 aliphatic rings. The van der Waals surface area contributed by atoms with Crippen molar-refractivity contribution in [1.82, 2.24) is 4.90 Å². The second-order valence-electron chi connectivity index (χ2n) is 6.01. The van der Waals surface area contributed by atoms with Crippen LogP contribution in [0.3, 0.4) is 0 Å². The topological polar surface area (TPSA) is 37.4 Å². The first-order valence-electron chi connectivity index (χ1n) is 7.95. The molecule has 0 spiro atoms. The Balaban J connectivity index is 1.84. The molecule has 1 heterocycles. The van der Waals surface area contributed by atoms with Crippen LogP contribution in [-0.2, 0) is 15.6 Å². The Hall–Kier alpha value is -1.42. The summed E-state index contributed by atoms with van der Waals surface area (Å²) in [5.41, 5.74) is 1.09. The molecule has 0 radical (unpaired) electrons. The molecule has 0 aromatic heterocycles. The maximum atomic E-state index is 12.4. The zero-order valence-electron chi connectivity index (χ0n) is 13.4. The highest BCUT2D eigenvalue weighted by Gasteiger charge is 2.27. The Labute approximate surface area is 135 Å². The number of amides is 1. The highest BCUT2D eigenvalue weighted by atomic mass is 32.2. The van der Waals surface area contributed by atoms with Crippen molar-refractivity contribution in [3.8, 4) is 0 Å². The molecule has 1 saturated heterocycles. The predicted octanol–water partition coefficient (Wildman–Crippen LogP) is 3.10. The first-order chi connectivity index (χ1) is 10.6. The molecule has 1 aromatic carbocycles. The lowest BCUT2D eigenvalue weighted by atomic mass is 9.99. The second kappa shape index (κ2) is 8.28. The van der Waals surface area contributed by atoms with Crippen LogP contribution in [0.25, 0.3) is 6.08 Å². The summed E-state index contributed by atoms with van der Waals surface area (Å²) in [6.07, 6.45) is 5.96. The molecule has 0 N–H and O–H groups in total. The van der Waals surface area contributed by atoms with Crippen LogP contribution in [0.1, 0.15) is 32.3 Å². The quantitative estimate of drug-likeness (QED) is 0.836. The summed E-state index contributed by atoms with van der Waals surface area (Å²) < 4.78 is 12.3. The van der Waals surface area contributed by atoms with Crippen LogP contribution in [0.2, 0.25) is 0 Å². The molecule has 1 aromatic rings. The van der Waals surface area contributed by atoms with Crippen LogP contribution < -0.4 is 0 Å². The third-order valence-corrected chi connectivity index (χ3v) is 5.72. The SMILES string of the molecule is CC1CCN(C(=O)C(C)S(=O)CC=Cc2ccccc2)CC1. The van der Waals surface area contributed by atoms with Crippen molar-refractivity contribution in [1.29, 1.82) is 0 Å². The molecule has 1 fully saturated rings. The van der Waals surface area contributed by atoms with Gasteiger partial charge in [0.25, 0.3) is 0 Å². The van der Waals surface area contributed by atoms with Crippen LogP contribution in [-0.4, -0.2) is 39.1 Å². The average molecular weight is 319 g/mol. The second-order valence-corrected chi connectivity index (χ2v) is 7.81. The Kier molecular flexibility index (Phi) is 6.37. The minimum absolute atomic E-state index is 0.0401.